The molecule has 2 aromatic rings. The van der Waals surface area contributed by atoms with Crippen LogP contribution in [-0.2, 0) is 0 Å². The molecular formula is C14H13FN2OS. The van der Waals surface area contributed by atoms with Gasteiger partial charge in [0.1, 0.15) is 5.82 Å². The lowest BCUT2D eigenvalue weighted by Gasteiger charge is -2.03. The molecule has 1 aromatic carbocycles. The van der Waals surface area contributed by atoms with Gasteiger partial charge in [0, 0.05) is 16.9 Å². The molecule has 1 aromatic heterocycles. The highest BCUT2D eigenvalue weighted by Gasteiger charge is 2.26. The Hall–Kier alpha value is -1.75. The van der Waals surface area contributed by atoms with E-state index in [-0.39, 0.29) is 11.7 Å². The first kappa shape index (κ1) is 12.3. The highest BCUT2D eigenvalue weighted by atomic mass is 32.1. The smallest absolute Gasteiger partial charge is 0.257 e. The number of halogens is 1. The maximum Gasteiger partial charge on any atom is 0.257 e. The van der Waals surface area contributed by atoms with Crippen LogP contribution < -0.4 is 5.32 Å². The summed E-state index contributed by atoms with van der Waals surface area (Å²) in [7, 11) is 0. The van der Waals surface area contributed by atoms with Crippen LogP contribution in [0.1, 0.15) is 40.4 Å². The first-order valence-corrected chi connectivity index (χ1v) is 7.04. The lowest BCUT2D eigenvalue weighted by Crippen LogP contribution is -2.12. The molecule has 1 heterocycles. The fraction of sp³-hybridized carbons (Fsp3) is 0.286. The molecule has 5 heteroatoms. The molecule has 1 amide bonds. The average molecular weight is 276 g/mol. The Morgan fingerprint density at radius 1 is 1.47 bits per heavy atom. The maximum atomic E-state index is 13.4. The largest absolute Gasteiger partial charge is 0.298 e. The van der Waals surface area contributed by atoms with Gasteiger partial charge in [-0.3, -0.25) is 10.1 Å². The van der Waals surface area contributed by atoms with Crippen molar-refractivity contribution in [3.05, 3.63) is 46.2 Å². The van der Waals surface area contributed by atoms with Gasteiger partial charge in [-0.2, -0.15) is 0 Å². The SMILES string of the molecule is Cc1ccc(C(=O)Nc2nc(C3CC3)cs2)cc1F. The van der Waals surface area contributed by atoms with Crippen LogP contribution in [0.2, 0.25) is 0 Å². The van der Waals surface area contributed by atoms with Crippen molar-refractivity contribution in [1.82, 2.24) is 4.98 Å². The zero-order chi connectivity index (χ0) is 13.4. The molecule has 1 aliphatic carbocycles. The monoisotopic (exact) mass is 276 g/mol. The summed E-state index contributed by atoms with van der Waals surface area (Å²) < 4.78 is 13.4. The van der Waals surface area contributed by atoms with E-state index < -0.39 is 0 Å². The molecule has 98 valence electrons. The van der Waals surface area contributed by atoms with E-state index in [9.17, 15) is 9.18 Å². The number of thiazole rings is 1. The fourth-order valence-corrected chi connectivity index (χ4v) is 2.60. The number of carbonyl (C=O) groups is 1. The first-order valence-electron chi connectivity index (χ1n) is 6.16. The van der Waals surface area contributed by atoms with Crippen molar-refractivity contribution in [2.24, 2.45) is 0 Å². The molecule has 0 unspecified atom stereocenters. The molecule has 1 aliphatic rings. The minimum Gasteiger partial charge on any atom is -0.298 e. The third-order valence-electron chi connectivity index (χ3n) is 3.17. The lowest BCUT2D eigenvalue weighted by atomic mass is 10.1. The van der Waals surface area contributed by atoms with Crippen LogP contribution in [0.3, 0.4) is 0 Å². The zero-order valence-corrected chi connectivity index (χ0v) is 11.3. The van der Waals surface area contributed by atoms with Gasteiger partial charge in [0.05, 0.1) is 5.69 Å². The fourth-order valence-electron chi connectivity index (χ4n) is 1.81. The summed E-state index contributed by atoms with van der Waals surface area (Å²) in [5, 5.41) is 5.26. The van der Waals surface area contributed by atoms with E-state index in [1.807, 2.05) is 5.38 Å². The Labute approximate surface area is 114 Å². The van der Waals surface area contributed by atoms with Gasteiger partial charge in [-0.15, -0.1) is 11.3 Å². The number of aryl methyl sites for hydroxylation is 1. The molecule has 1 fully saturated rings. The van der Waals surface area contributed by atoms with Crippen LogP contribution in [0.15, 0.2) is 23.6 Å². The summed E-state index contributed by atoms with van der Waals surface area (Å²) in [6.07, 6.45) is 2.36. The van der Waals surface area contributed by atoms with Crippen LogP contribution in [-0.4, -0.2) is 10.9 Å². The number of nitrogens with one attached hydrogen (secondary N) is 1. The summed E-state index contributed by atoms with van der Waals surface area (Å²) in [4.78, 5) is 16.3. The number of hydrogen-bond acceptors (Lipinski definition) is 3. The number of aromatic nitrogens is 1. The minimum absolute atomic E-state index is 0.311. The van der Waals surface area contributed by atoms with Gasteiger partial charge in [-0.25, -0.2) is 9.37 Å². The predicted octanol–water partition coefficient (Wildman–Crippen LogP) is 3.72. The van der Waals surface area contributed by atoms with Crippen molar-refractivity contribution in [2.45, 2.75) is 25.7 Å². The number of amides is 1. The lowest BCUT2D eigenvalue weighted by molar-refractivity contribution is 0.102. The van der Waals surface area contributed by atoms with Crippen LogP contribution in [0.25, 0.3) is 0 Å². The molecule has 0 aliphatic heterocycles. The molecule has 0 spiro atoms. The third kappa shape index (κ3) is 2.66. The van der Waals surface area contributed by atoms with E-state index in [1.54, 1.807) is 19.1 Å². The molecule has 0 atom stereocenters. The van der Waals surface area contributed by atoms with Crippen molar-refractivity contribution < 1.29 is 9.18 Å². The summed E-state index contributed by atoms with van der Waals surface area (Å²) in [6, 6.07) is 4.46. The minimum atomic E-state index is -0.370. The van der Waals surface area contributed by atoms with Crippen LogP contribution in [0.5, 0.6) is 0 Å². The Morgan fingerprint density at radius 2 is 2.26 bits per heavy atom. The van der Waals surface area contributed by atoms with Gasteiger partial charge >= 0.3 is 0 Å². The van der Waals surface area contributed by atoms with Crippen molar-refractivity contribution in [1.29, 1.82) is 0 Å². The normalized spacial score (nSPS) is 14.4. The standard InChI is InChI=1S/C14H13FN2OS/c1-8-2-3-10(6-11(8)15)13(18)17-14-16-12(7-19-14)9-4-5-9/h2-3,6-7,9H,4-5H2,1H3,(H,16,17,18). The summed E-state index contributed by atoms with van der Waals surface area (Å²) in [6.45, 7) is 1.67. The summed E-state index contributed by atoms with van der Waals surface area (Å²) >= 11 is 1.41. The van der Waals surface area contributed by atoms with E-state index in [0.29, 0.717) is 22.2 Å². The number of nitrogens with zero attached hydrogens (tertiary/aromatic N) is 1. The second kappa shape index (κ2) is 4.74. The molecular weight excluding hydrogens is 263 g/mol. The van der Waals surface area contributed by atoms with E-state index in [1.165, 1.54) is 30.2 Å². The van der Waals surface area contributed by atoms with Gasteiger partial charge in [0.2, 0.25) is 0 Å². The Bertz CT molecular complexity index is 634. The Morgan fingerprint density at radius 3 is 2.95 bits per heavy atom. The zero-order valence-electron chi connectivity index (χ0n) is 10.4. The molecule has 0 radical (unpaired) electrons. The number of rotatable bonds is 3. The number of carbonyl (C=O) groups excluding carboxylic acids is 1. The molecule has 1 N–H and O–H groups in total. The van der Waals surface area contributed by atoms with Gasteiger partial charge in [0.15, 0.2) is 5.13 Å². The van der Waals surface area contributed by atoms with Crippen molar-refractivity contribution in [3.63, 3.8) is 0 Å². The van der Waals surface area contributed by atoms with Gasteiger partial charge in [0.25, 0.3) is 5.91 Å². The van der Waals surface area contributed by atoms with Gasteiger partial charge in [-0.05, 0) is 37.5 Å². The highest BCUT2D eigenvalue weighted by molar-refractivity contribution is 7.14. The van der Waals surface area contributed by atoms with E-state index >= 15 is 0 Å². The average Bonchev–Trinajstić information content (AvgIpc) is 3.14. The van der Waals surface area contributed by atoms with Crippen LogP contribution in [0, 0.1) is 12.7 Å². The number of hydrogen-bond donors (Lipinski definition) is 1. The Balaban J connectivity index is 1.74. The first-order chi connectivity index (χ1) is 9.13. The van der Waals surface area contributed by atoms with Gasteiger partial charge < -0.3 is 0 Å². The quantitative estimate of drug-likeness (QED) is 0.928. The van der Waals surface area contributed by atoms with E-state index in [4.69, 9.17) is 0 Å². The third-order valence-corrected chi connectivity index (χ3v) is 3.95. The molecule has 3 rings (SSSR count). The number of anilines is 1. The summed E-state index contributed by atoms with van der Waals surface area (Å²) in [5.41, 5.74) is 1.89. The second-order valence-electron chi connectivity index (χ2n) is 4.77. The highest BCUT2D eigenvalue weighted by Crippen LogP contribution is 2.40. The Kier molecular flexibility index (Phi) is 3.06. The molecule has 3 nitrogen and oxygen atoms in total. The summed E-state index contributed by atoms with van der Waals surface area (Å²) in [5.74, 6) is -0.125. The molecule has 19 heavy (non-hydrogen) atoms. The van der Waals surface area contributed by atoms with Crippen LogP contribution in [0.4, 0.5) is 9.52 Å². The maximum absolute atomic E-state index is 13.4. The van der Waals surface area contributed by atoms with E-state index in [0.717, 1.165) is 5.69 Å². The predicted molar refractivity (Wildman–Crippen MR) is 73.2 cm³/mol. The van der Waals surface area contributed by atoms with Crippen molar-refractivity contribution >= 4 is 22.4 Å². The van der Waals surface area contributed by atoms with Crippen molar-refractivity contribution in [3.8, 4) is 0 Å². The number of benzene rings is 1. The van der Waals surface area contributed by atoms with Crippen molar-refractivity contribution in [2.75, 3.05) is 5.32 Å². The second-order valence-corrected chi connectivity index (χ2v) is 5.63. The molecule has 1 saturated carbocycles. The molecule has 0 saturated heterocycles. The topological polar surface area (TPSA) is 42.0 Å². The van der Waals surface area contributed by atoms with E-state index in [2.05, 4.69) is 10.3 Å². The molecule has 0 bridgehead atoms. The van der Waals surface area contributed by atoms with Crippen LogP contribution >= 0.6 is 11.3 Å². The van der Waals surface area contributed by atoms with Gasteiger partial charge in [-0.1, -0.05) is 6.07 Å².